The van der Waals surface area contributed by atoms with E-state index in [-0.39, 0.29) is 16.8 Å². The molecular weight excluding hydrogens is 293 g/mol. The SMILES string of the molecule is CNCCCCc1nc2cc(F)ccc2c(=O)n1CC(C)(C)C. The lowest BCUT2D eigenvalue weighted by Gasteiger charge is -2.22. The first-order valence-electron chi connectivity index (χ1n) is 8.15. The largest absolute Gasteiger partial charge is 0.320 e. The highest BCUT2D eigenvalue weighted by molar-refractivity contribution is 5.77. The van der Waals surface area contributed by atoms with Gasteiger partial charge in [-0.05, 0) is 44.0 Å². The van der Waals surface area contributed by atoms with Gasteiger partial charge < -0.3 is 5.32 Å². The molecule has 0 atom stereocenters. The summed E-state index contributed by atoms with van der Waals surface area (Å²) in [5, 5.41) is 3.60. The number of hydrogen-bond acceptors (Lipinski definition) is 3. The molecule has 0 aliphatic rings. The molecule has 0 spiro atoms. The van der Waals surface area contributed by atoms with Crippen LogP contribution in [0.1, 0.15) is 39.4 Å². The number of hydrogen-bond donors (Lipinski definition) is 1. The monoisotopic (exact) mass is 319 g/mol. The van der Waals surface area contributed by atoms with Crippen molar-refractivity contribution in [3.63, 3.8) is 0 Å². The Kier molecular flexibility index (Phi) is 5.52. The van der Waals surface area contributed by atoms with Crippen LogP contribution in [-0.2, 0) is 13.0 Å². The first-order valence-corrected chi connectivity index (χ1v) is 8.15. The average Bonchev–Trinajstić information content (AvgIpc) is 2.46. The predicted molar refractivity (Wildman–Crippen MR) is 92.3 cm³/mol. The Bertz CT molecular complexity index is 731. The molecule has 2 rings (SSSR count). The van der Waals surface area contributed by atoms with Crippen LogP contribution in [0.2, 0.25) is 0 Å². The zero-order valence-electron chi connectivity index (χ0n) is 14.4. The first-order chi connectivity index (χ1) is 10.8. The minimum atomic E-state index is -0.362. The lowest BCUT2D eigenvalue weighted by molar-refractivity contribution is 0.330. The van der Waals surface area contributed by atoms with E-state index in [0.717, 1.165) is 31.6 Å². The van der Waals surface area contributed by atoms with E-state index in [2.05, 4.69) is 31.1 Å². The molecule has 1 aromatic carbocycles. The van der Waals surface area contributed by atoms with Crippen LogP contribution in [0, 0.1) is 11.2 Å². The van der Waals surface area contributed by atoms with Crippen LogP contribution >= 0.6 is 0 Å². The van der Waals surface area contributed by atoms with Gasteiger partial charge in [0.1, 0.15) is 11.6 Å². The number of benzene rings is 1. The second kappa shape index (κ2) is 7.21. The number of unbranched alkanes of at least 4 members (excludes halogenated alkanes) is 1. The molecule has 5 heteroatoms. The summed E-state index contributed by atoms with van der Waals surface area (Å²) in [7, 11) is 1.92. The average molecular weight is 319 g/mol. The molecule has 4 nitrogen and oxygen atoms in total. The van der Waals surface area contributed by atoms with Gasteiger partial charge in [-0.15, -0.1) is 0 Å². The number of aryl methyl sites for hydroxylation is 1. The highest BCUT2D eigenvalue weighted by Crippen LogP contribution is 2.18. The van der Waals surface area contributed by atoms with Crippen molar-refractivity contribution in [3.05, 3.63) is 40.2 Å². The van der Waals surface area contributed by atoms with E-state index >= 15 is 0 Å². The maximum Gasteiger partial charge on any atom is 0.261 e. The molecule has 2 aromatic rings. The lowest BCUT2D eigenvalue weighted by Crippen LogP contribution is -2.30. The standard InChI is InChI=1S/C18H26FN3O/c1-18(2,3)12-22-16(7-5-6-10-20-4)21-15-11-13(19)8-9-14(15)17(22)23/h8-9,11,20H,5-7,10,12H2,1-4H3. The number of nitrogens with zero attached hydrogens (tertiary/aromatic N) is 2. The second-order valence-electron chi connectivity index (χ2n) is 7.20. The van der Waals surface area contributed by atoms with Gasteiger partial charge >= 0.3 is 0 Å². The molecule has 0 aliphatic heterocycles. The number of rotatable bonds is 6. The molecule has 126 valence electrons. The van der Waals surface area contributed by atoms with E-state index in [1.807, 2.05) is 7.05 Å². The zero-order chi connectivity index (χ0) is 17.0. The summed E-state index contributed by atoms with van der Waals surface area (Å²) >= 11 is 0. The quantitative estimate of drug-likeness (QED) is 0.832. The minimum Gasteiger partial charge on any atom is -0.320 e. The van der Waals surface area contributed by atoms with Gasteiger partial charge in [0.25, 0.3) is 5.56 Å². The Balaban J connectivity index is 2.47. The van der Waals surface area contributed by atoms with Crippen LogP contribution in [0.5, 0.6) is 0 Å². The van der Waals surface area contributed by atoms with Crippen molar-refractivity contribution in [1.82, 2.24) is 14.9 Å². The third-order valence-electron chi connectivity index (χ3n) is 3.71. The molecular formula is C18H26FN3O. The lowest BCUT2D eigenvalue weighted by atomic mass is 9.96. The van der Waals surface area contributed by atoms with E-state index in [0.29, 0.717) is 17.4 Å². The summed E-state index contributed by atoms with van der Waals surface area (Å²) in [5.41, 5.74) is 0.344. The van der Waals surface area contributed by atoms with Crippen molar-refractivity contribution in [2.75, 3.05) is 13.6 Å². The van der Waals surface area contributed by atoms with Gasteiger partial charge in [0.2, 0.25) is 0 Å². The Hall–Kier alpha value is -1.75. The normalized spacial score (nSPS) is 12.0. The number of halogens is 1. The summed E-state index contributed by atoms with van der Waals surface area (Å²) in [6, 6.07) is 4.19. The van der Waals surface area contributed by atoms with Gasteiger partial charge in [0.05, 0.1) is 10.9 Å². The third-order valence-corrected chi connectivity index (χ3v) is 3.71. The Morgan fingerprint density at radius 3 is 2.65 bits per heavy atom. The van der Waals surface area contributed by atoms with E-state index in [1.54, 1.807) is 4.57 Å². The van der Waals surface area contributed by atoms with Gasteiger partial charge in [0.15, 0.2) is 0 Å². The van der Waals surface area contributed by atoms with Gasteiger partial charge in [-0.2, -0.15) is 0 Å². The minimum absolute atomic E-state index is 0.0288. The van der Waals surface area contributed by atoms with Crippen LogP contribution in [-0.4, -0.2) is 23.1 Å². The zero-order valence-corrected chi connectivity index (χ0v) is 14.4. The summed E-state index contributed by atoms with van der Waals surface area (Å²) < 4.78 is 15.2. The molecule has 23 heavy (non-hydrogen) atoms. The predicted octanol–water partition coefficient (Wildman–Crippen LogP) is 3.12. The smallest absolute Gasteiger partial charge is 0.261 e. The molecule has 0 bridgehead atoms. The van der Waals surface area contributed by atoms with Crippen molar-refractivity contribution >= 4 is 10.9 Å². The highest BCUT2D eigenvalue weighted by Gasteiger charge is 2.17. The molecule has 1 aromatic heterocycles. The second-order valence-corrected chi connectivity index (χ2v) is 7.20. The van der Waals surface area contributed by atoms with Crippen LogP contribution in [0.15, 0.2) is 23.0 Å². The van der Waals surface area contributed by atoms with Crippen molar-refractivity contribution in [3.8, 4) is 0 Å². The molecule has 0 saturated heterocycles. The molecule has 1 heterocycles. The van der Waals surface area contributed by atoms with Gasteiger partial charge in [-0.25, -0.2) is 9.37 Å². The van der Waals surface area contributed by atoms with E-state index in [4.69, 9.17) is 0 Å². The van der Waals surface area contributed by atoms with Crippen LogP contribution in [0.25, 0.3) is 10.9 Å². The topological polar surface area (TPSA) is 46.9 Å². The summed E-state index contributed by atoms with van der Waals surface area (Å²) in [6.07, 6.45) is 2.68. The maximum atomic E-state index is 13.5. The highest BCUT2D eigenvalue weighted by atomic mass is 19.1. The van der Waals surface area contributed by atoms with Gasteiger partial charge in [-0.1, -0.05) is 20.8 Å². The van der Waals surface area contributed by atoms with Crippen molar-refractivity contribution in [2.45, 2.75) is 46.6 Å². The Morgan fingerprint density at radius 1 is 1.26 bits per heavy atom. The molecule has 0 amide bonds. The van der Waals surface area contributed by atoms with Crippen LogP contribution in [0.3, 0.4) is 0 Å². The van der Waals surface area contributed by atoms with Gasteiger partial charge in [0, 0.05) is 19.0 Å². The first kappa shape index (κ1) is 17.6. The van der Waals surface area contributed by atoms with Crippen molar-refractivity contribution in [2.24, 2.45) is 5.41 Å². The summed E-state index contributed by atoms with van der Waals surface area (Å²) in [4.78, 5) is 17.4. The third kappa shape index (κ3) is 4.61. The molecule has 0 aliphatic carbocycles. The van der Waals surface area contributed by atoms with Gasteiger partial charge in [-0.3, -0.25) is 9.36 Å². The maximum absolute atomic E-state index is 13.5. The molecule has 0 unspecified atom stereocenters. The van der Waals surface area contributed by atoms with E-state index < -0.39 is 0 Å². The van der Waals surface area contributed by atoms with Crippen molar-refractivity contribution in [1.29, 1.82) is 0 Å². The molecule has 1 N–H and O–H groups in total. The number of fused-ring (bicyclic) bond motifs is 1. The Labute approximate surface area is 136 Å². The molecule has 0 fully saturated rings. The number of nitrogens with one attached hydrogen (secondary N) is 1. The fourth-order valence-electron chi connectivity index (χ4n) is 2.65. The molecule has 0 radical (unpaired) electrons. The van der Waals surface area contributed by atoms with Crippen LogP contribution < -0.4 is 10.9 Å². The van der Waals surface area contributed by atoms with E-state index in [9.17, 15) is 9.18 Å². The fourth-order valence-corrected chi connectivity index (χ4v) is 2.65. The summed E-state index contributed by atoms with van der Waals surface area (Å²) in [5.74, 6) is 0.387. The van der Waals surface area contributed by atoms with E-state index in [1.165, 1.54) is 18.2 Å². The Morgan fingerprint density at radius 2 is 2.00 bits per heavy atom. The van der Waals surface area contributed by atoms with Crippen molar-refractivity contribution < 1.29 is 4.39 Å². The fraction of sp³-hybridized carbons (Fsp3) is 0.556. The molecule has 0 saturated carbocycles. The van der Waals surface area contributed by atoms with Crippen LogP contribution in [0.4, 0.5) is 4.39 Å². The summed E-state index contributed by atoms with van der Waals surface area (Å²) in [6.45, 7) is 7.83. The number of aromatic nitrogens is 2.